The summed E-state index contributed by atoms with van der Waals surface area (Å²) in [6.07, 6.45) is 0. The van der Waals surface area contributed by atoms with Gasteiger partial charge in [-0.2, -0.15) is 0 Å². The summed E-state index contributed by atoms with van der Waals surface area (Å²) in [5.41, 5.74) is 9.75. The van der Waals surface area contributed by atoms with Gasteiger partial charge in [0.2, 0.25) is 0 Å². The van der Waals surface area contributed by atoms with E-state index in [9.17, 15) is 0 Å². The maximum Gasteiger partial charge on any atom is 0.134 e. The van der Waals surface area contributed by atoms with E-state index < -0.39 is 0 Å². The predicted molar refractivity (Wildman–Crippen MR) is 89.8 cm³/mol. The van der Waals surface area contributed by atoms with Gasteiger partial charge in [-0.15, -0.1) is 11.8 Å². The molecular formula is C18H19NOS. The zero-order valence-electron chi connectivity index (χ0n) is 12.3. The molecule has 0 aliphatic heterocycles. The van der Waals surface area contributed by atoms with Crippen LogP contribution in [0.15, 0.2) is 57.8 Å². The highest BCUT2D eigenvalue weighted by atomic mass is 32.2. The van der Waals surface area contributed by atoms with Gasteiger partial charge in [-0.3, -0.25) is 0 Å². The Hall–Kier alpha value is -1.71. The topological polar surface area (TPSA) is 39.2 Å². The molecule has 21 heavy (non-hydrogen) atoms. The van der Waals surface area contributed by atoms with Crippen molar-refractivity contribution >= 4 is 22.7 Å². The van der Waals surface area contributed by atoms with Crippen LogP contribution in [0.4, 0.5) is 0 Å². The summed E-state index contributed by atoms with van der Waals surface area (Å²) in [7, 11) is 0. The van der Waals surface area contributed by atoms with Crippen molar-refractivity contribution in [1.29, 1.82) is 0 Å². The van der Waals surface area contributed by atoms with Crippen molar-refractivity contribution in [3.63, 3.8) is 0 Å². The van der Waals surface area contributed by atoms with Gasteiger partial charge in [0.15, 0.2) is 0 Å². The number of aryl methyl sites for hydroxylation is 2. The summed E-state index contributed by atoms with van der Waals surface area (Å²) in [5.74, 6) is 1.67. The molecule has 1 atom stereocenters. The van der Waals surface area contributed by atoms with Gasteiger partial charge in [-0.1, -0.05) is 35.9 Å². The standard InChI is InChI=1S/C18H19NOS/c1-12-7-8-13(2)18(9-12)21-11-15(19)17-10-14-5-3-4-6-16(14)20-17/h3-10,15H,11,19H2,1-2H3. The maximum atomic E-state index is 6.28. The average Bonchev–Trinajstić information content (AvgIpc) is 2.92. The van der Waals surface area contributed by atoms with Crippen LogP contribution in [0.2, 0.25) is 0 Å². The molecule has 0 saturated carbocycles. The molecule has 0 spiro atoms. The number of thioether (sulfide) groups is 1. The molecule has 3 heteroatoms. The Kier molecular flexibility index (Phi) is 4.04. The number of rotatable bonds is 4. The van der Waals surface area contributed by atoms with Crippen molar-refractivity contribution in [3.05, 3.63) is 65.4 Å². The molecule has 0 aliphatic carbocycles. The van der Waals surface area contributed by atoms with Gasteiger partial charge < -0.3 is 10.2 Å². The maximum absolute atomic E-state index is 6.28. The third kappa shape index (κ3) is 3.14. The first-order valence-electron chi connectivity index (χ1n) is 7.07. The molecule has 0 radical (unpaired) electrons. The lowest BCUT2D eigenvalue weighted by atomic mass is 10.2. The highest BCUT2D eigenvalue weighted by Gasteiger charge is 2.13. The van der Waals surface area contributed by atoms with Crippen molar-refractivity contribution < 1.29 is 4.42 Å². The first-order valence-corrected chi connectivity index (χ1v) is 8.06. The molecule has 0 fully saturated rings. The van der Waals surface area contributed by atoms with Gasteiger partial charge in [0.25, 0.3) is 0 Å². The molecule has 3 rings (SSSR count). The van der Waals surface area contributed by atoms with E-state index >= 15 is 0 Å². The molecule has 1 heterocycles. The van der Waals surface area contributed by atoms with Crippen LogP contribution in [0.3, 0.4) is 0 Å². The molecule has 1 aromatic heterocycles. The van der Waals surface area contributed by atoms with Crippen LogP contribution in [0.1, 0.15) is 22.9 Å². The fraction of sp³-hybridized carbons (Fsp3) is 0.222. The minimum atomic E-state index is -0.0951. The number of fused-ring (bicyclic) bond motifs is 1. The third-order valence-corrected chi connectivity index (χ3v) is 4.85. The van der Waals surface area contributed by atoms with Crippen LogP contribution in [-0.4, -0.2) is 5.75 Å². The third-order valence-electron chi connectivity index (χ3n) is 3.57. The Balaban J connectivity index is 1.74. The summed E-state index contributed by atoms with van der Waals surface area (Å²) in [4.78, 5) is 1.29. The molecule has 0 amide bonds. The lowest BCUT2D eigenvalue weighted by Crippen LogP contribution is -2.12. The van der Waals surface area contributed by atoms with E-state index in [1.54, 1.807) is 11.8 Å². The Bertz CT molecular complexity index is 730. The number of nitrogens with two attached hydrogens (primary N) is 1. The summed E-state index contributed by atoms with van der Waals surface area (Å²) in [6.45, 7) is 4.25. The second-order valence-corrected chi connectivity index (χ2v) is 6.43. The van der Waals surface area contributed by atoms with Gasteiger partial charge in [-0.25, -0.2) is 0 Å². The summed E-state index contributed by atoms with van der Waals surface area (Å²) in [6, 6.07) is 16.5. The Morgan fingerprint density at radius 2 is 1.90 bits per heavy atom. The van der Waals surface area contributed by atoms with Crippen molar-refractivity contribution in [1.82, 2.24) is 0 Å². The molecule has 0 saturated heterocycles. The molecule has 0 bridgehead atoms. The largest absolute Gasteiger partial charge is 0.459 e. The van der Waals surface area contributed by atoms with Crippen molar-refractivity contribution in [3.8, 4) is 0 Å². The van der Waals surface area contributed by atoms with E-state index in [2.05, 4.69) is 32.0 Å². The van der Waals surface area contributed by atoms with Crippen LogP contribution in [0, 0.1) is 13.8 Å². The number of hydrogen-bond acceptors (Lipinski definition) is 3. The fourth-order valence-electron chi connectivity index (χ4n) is 2.31. The molecule has 2 nitrogen and oxygen atoms in total. The van der Waals surface area contributed by atoms with Crippen molar-refractivity contribution in [2.24, 2.45) is 5.73 Å². The Labute approximate surface area is 129 Å². The normalized spacial score (nSPS) is 12.7. The lowest BCUT2D eigenvalue weighted by Gasteiger charge is -2.10. The highest BCUT2D eigenvalue weighted by Crippen LogP contribution is 2.29. The number of hydrogen-bond donors (Lipinski definition) is 1. The smallest absolute Gasteiger partial charge is 0.134 e. The quantitative estimate of drug-likeness (QED) is 0.700. The van der Waals surface area contributed by atoms with Crippen LogP contribution >= 0.6 is 11.8 Å². The fourth-order valence-corrected chi connectivity index (χ4v) is 3.40. The zero-order valence-corrected chi connectivity index (χ0v) is 13.1. The van der Waals surface area contributed by atoms with Gasteiger partial charge in [0, 0.05) is 16.0 Å². The lowest BCUT2D eigenvalue weighted by molar-refractivity contribution is 0.516. The summed E-state index contributed by atoms with van der Waals surface area (Å²) in [5, 5.41) is 1.11. The van der Waals surface area contributed by atoms with E-state index in [4.69, 9.17) is 10.2 Å². The van der Waals surface area contributed by atoms with Gasteiger partial charge >= 0.3 is 0 Å². The molecule has 0 aliphatic rings. The van der Waals surface area contributed by atoms with Crippen molar-refractivity contribution in [2.45, 2.75) is 24.8 Å². The van der Waals surface area contributed by atoms with Gasteiger partial charge in [0.1, 0.15) is 11.3 Å². The Morgan fingerprint density at radius 3 is 2.71 bits per heavy atom. The minimum absolute atomic E-state index is 0.0951. The number of benzene rings is 2. The van der Waals surface area contributed by atoms with Crippen LogP contribution < -0.4 is 5.73 Å². The second-order valence-electron chi connectivity index (χ2n) is 5.37. The SMILES string of the molecule is Cc1ccc(C)c(SCC(N)c2cc3ccccc3o2)c1. The van der Waals surface area contributed by atoms with Crippen molar-refractivity contribution in [2.75, 3.05) is 5.75 Å². The number of para-hydroxylation sites is 1. The summed E-state index contributed by atoms with van der Waals surface area (Å²) < 4.78 is 5.83. The van der Waals surface area contributed by atoms with E-state index in [1.807, 2.05) is 30.3 Å². The zero-order chi connectivity index (χ0) is 14.8. The molecule has 2 N–H and O–H groups in total. The predicted octanol–water partition coefficient (Wildman–Crippen LogP) is 4.84. The molecule has 2 aromatic carbocycles. The highest BCUT2D eigenvalue weighted by molar-refractivity contribution is 7.99. The summed E-state index contributed by atoms with van der Waals surface area (Å²) >= 11 is 1.79. The Morgan fingerprint density at radius 1 is 1.10 bits per heavy atom. The van der Waals surface area contributed by atoms with Crippen LogP contribution in [0.5, 0.6) is 0 Å². The van der Waals surface area contributed by atoms with Crippen LogP contribution in [-0.2, 0) is 0 Å². The van der Waals surface area contributed by atoms with E-state index in [1.165, 1.54) is 16.0 Å². The monoisotopic (exact) mass is 297 g/mol. The minimum Gasteiger partial charge on any atom is -0.459 e. The average molecular weight is 297 g/mol. The van der Waals surface area contributed by atoms with Gasteiger partial charge in [-0.05, 0) is 37.6 Å². The molecule has 108 valence electrons. The first-order chi connectivity index (χ1) is 10.1. The second kappa shape index (κ2) is 5.96. The van der Waals surface area contributed by atoms with E-state index in [0.29, 0.717) is 0 Å². The first kappa shape index (κ1) is 14.2. The van der Waals surface area contributed by atoms with E-state index in [-0.39, 0.29) is 6.04 Å². The molecular weight excluding hydrogens is 278 g/mol. The molecule has 3 aromatic rings. The van der Waals surface area contributed by atoms with Crippen LogP contribution in [0.25, 0.3) is 11.0 Å². The molecule has 1 unspecified atom stereocenters. The van der Waals surface area contributed by atoms with E-state index in [0.717, 1.165) is 22.5 Å². The number of furan rings is 1. The van der Waals surface area contributed by atoms with Gasteiger partial charge in [0.05, 0.1) is 6.04 Å².